The number of amides is 1. The summed E-state index contributed by atoms with van der Waals surface area (Å²) in [6.07, 6.45) is 1.20. The van der Waals surface area contributed by atoms with E-state index in [0.29, 0.717) is 18.5 Å². The molecule has 2 N–H and O–H groups in total. The van der Waals surface area contributed by atoms with Gasteiger partial charge in [0.1, 0.15) is 0 Å². The van der Waals surface area contributed by atoms with Crippen LogP contribution in [0.4, 0.5) is 5.69 Å². The first-order valence-corrected chi connectivity index (χ1v) is 7.47. The van der Waals surface area contributed by atoms with Crippen molar-refractivity contribution in [2.45, 2.75) is 26.7 Å². The van der Waals surface area contributed by atoms with Crippen molar-refractivity contribution in [2.75, 3.05) is 5.32 Å². The summed E-state index contributed by atoms with van der Waals surface area (Å²) in [6, 6.07) is 5.68. The number of rotatable bonds is 3. The van der Waals surface area contributed by atoms with Crippen molar-refractivity contribution in [3.8, 4) is 0 Å². The first-order valence-electron chi connectivity index (χ1n) is 6.68. The number of carbonyl (C=O) groups excluding carboxylic acids is 1. The average molecular weight is 340 g/mol. The second kappa shape index (κ2) is 5.95. The van der Waals surface area contributed by atoms with Gasteiger partial charge in [-0.05, 0) is 59.3 Å². The highest BCUT2D eigenvalue weighted by Gasteiger charge is 2.41. The molecule has 0 heterocycles. The van der Waals surface area contributed by atoms with Gasteiger partial charge < -0.3 is 10.4 Å². The van der Waals surface area contributed by atoms with Crippen LogP contribution < -0.4 is 5.32 Å². The first kappa shape index (κ1) is 15.0. The third-order valence-corrected chi connectivity index (χ3v) is 4.52. The number of halogens is 1. The predicted octanol–water partition coefficient (Wildman–Crippen LogP) is 3.44. The summed E-state index contributed by atoms with van der Waals surface area (Å²) in [6.45, 7) is 3.94. The first-order chi connectivity index (χ1) is 9.38. The summed E-state index contributed by atoms with van der Waals surface area (Å²) in [5, 5.41) is 12.1. The van der Waals surface area contributed by atoms with Crippen LogP contribution in [0.25, 0.3) is 0 Å². The van der Waals surface area contributed by atoms with Crippen molar-refractivity contribution in [1.29, 1.82) is 0 Å². The van der Waals surface area contributed by atoms with E-state index in [1.165, 1.54) is 0 Å². The number of carboxylic acids is 1. The van der Waals surface area contributed by atoms with Crippen LogP contribution in [0.5, 0.6) is 0 Å². The topological polar surface area (TPSA) is 66.4 Å². The van der Waals surface area contributed by atoms with Crippen LogP contribution in [0.15, 0.2) is 22.7 Å². The molecule has 1 aliphatic carbocycles. The number of hydrogen-bond acceptors (Lipinski definition) is 2. The van der Waals surface area contributed by atoms with Crippen LogP contribution in [-0.4, -0.2) is 17.0 Å². The van der Waals surface area contributed by atoms with E-state index in [1.54, 1.807) is 0 Å². The molecule has 1 aromatic rings. The Kier molecular flexibility index (Phi) is 4.48. The Hall–Kier alpha value is -1.36. The number of nitrogens with one attached hydrogen (secondary N) is 1. The molecule has 2 rings (SSSR count). The van der Waals surface area contributed by atoms with E-state index in [2.05, 4.69) is 21.2 Å². The molecular weight excluding hydrogens is 322 g/mol. The molecule has 0 aliphatic heterocycles. The van der Waals surface area contributed by atoms with Gasteiger partial charge in [-0.2, -0.15) is 0 Å². The highest BCUT2D eigenvalue weighted by molar-refractivity contribution is 9.10. The molecule has 0 aromatic heterocycles. The molecular formula is C15H18BrNO3. The molecule has 1 saturated carbocycles. The lowest BCUT2D eigenvalue weighted by Gasteiger charge is -2.16. The number of aryl methyl sites for hydroxylation is 1. The number of hydrogen-bond donors (Lipinski definition) is 2. The summed E-state index contributed by atoms with van der Waals surface area (Å²) >= 11 is 3.39. The minimum Gasteiger partial charge on any atom is -0.481 e. The van der Waals surface area contributed by atoms with Crippen molar-refractivity contribution >= 4 is 33.5 Å². The molecule has 1 aliphatic rings. The van der Waals surface area contributed by atoms with Gasteiger partial charge in [0.25, 0.3) is 0 Å². The molecule has 0 saturated heterocycles. The van der Waals surface area contributed by atoms with E-state index in [4.69, 9.17) is 0 Å². The van der Waals surface area contributed by atoms with Crippen LogP contribution >= 0.6 is 15.9 Å². The van der Waals surface area contributed by atoms with Gasteiger partial charge in [-0.25, -0.2) is 0 Å². The molecule has 0 spiro atoms. The van der Waals surface area contributed by atoms with Crippen molar-refractivity contribution in [3.63, 3.8) is 0 Å². The summed E-state index contributed by atoms with van der Waals surface area (Å²) in [5.41, 5.74) is 1.73. The Labute approximate surface area is 126 Å². The number of carboxylic acid groups (broad SMARTS) is 1. The number of carbonyl (C=O) groups is 2. The fourth-order valence-corrected chi connectivity index (χ4v) is 3.16. The molecule has 5 heteroatoms. The quantitative estimate of drug-likeness (QED) is 0.886. The van der Waals surface area contributed by atoms with E-state index in [-0.39, 0.29) is 11.8 Å². The molecule has 4 nitrogen and oxygen atoms in total. The van der Waals surface area contributed by atoms with Gasteiger partial charge in [-0.3, -0.25) is 9.59 Å². The van der Waals surface area contributed by atoms with Crippen LogP contribution in [0.3, 0.4) is 0 Å². The Morgan fingerprint density at radius 3 is 2.60 bits per heavy atom. The molecule has 1 amide bonds. The molecule has 0 radical (unpaired) electrons. The van der Waals surface area contributed by atoms with Crippen LogP contribution in [0, 0.1) is 24.7 Å². The maximum atomic E-state index is 12.3. The van der Waals surface area contributed by atoms with Gasteiger partial charge >= 0.3 is 5.97 Å². The second-order valence-corrected chi connectivity index (χ2v) is 6.45. The summed E-state index contributed by atoms with van der Waals surface area (Å²) < 4.78 is 0.800. The van der Waals surface area contributed by atoms with Gasteiger partial charge in [-0.1, -0.05) is 13.0 Å². The molecule has 0 bridgehead atoms. The third-order valence-electron chi connectivity index (χ3n) is 3.83. The molecule has 1 aromatic carbocycles. The normalized spacial score (nSPS) is 25.4. The highest BCUT2D eigenvalue weighted by atomic mass is 79.9. The summed E-state index contributed by atoms with van der Waals surface area (Å²) in [5.74, 6) is -1.83. The largest absolute Gasteiger partial charge is 0.481 e. The fraction of sp³-hybridized carbons (Fsp3) is 0.467. The van der Waals surface area contributed by atoms with Gasteiger partial charge in [0.05, 0.1) is 17.5 Å². The lowest BCUT2D eigenvalue weighted by Crippen LogP contribution is -2.30. The molecule has 20 heavy (non-hydrogen) atoms. The number of aliphatic carboxylic acids is 1. The van der Waals surface area contributed by atoms with E-state index < -0.39 is 17.8 Å². The van der Waals surface area contributed by atoms with E-state index in [9.17, 15) is 14.7 Å². The third kappa shape index (κ3) is 3.20. The zero-order chi connectivity index (χ0) is 14.9. The fourth-order valence-electron chi connectivity index (χ4n) is 2.81. The van der Waals surface area contributed by atoms with Crippen LogP contribution in [-0.2, 0) is 9.59 Å². The van der Waals surface area contributed by atoms with E-state index >= 15 is 0 Å². The minimum absolute atomic E-state index is 0.201. The Bertz CT molecular complexity index is 544. The van der Waals surface area contributed by atoms with Crippen molar-refractivity contribution < 1.29 is 14.7 Å². The number of benzene rings is 1. The van der Waals surface area contributed by atoms with Crippen molar-refractivity contribution in [1.82, 2.24) is 0 Å². The average Bonchev–Trinajstić information content (AvgIpc) is 2.76. The van der Waals surface area contributed by atoms with Gasteiger partial charge in [0.15, 0.2) is 0 Å². The Morgan fingerprint density at radius 1 is 1.30 bits per heavy atom. The van der Waals surface area contributed by atoms with Gasteiger partial charge in [0.2, 0.25) is 5.91 Å². The molecule has 1 fully saturated rings. The highest BCUT2D eigenvalue weighted by Crippen LogP contribution is 2.37. The zero-order valence-corrected chi connectivity index (χ0v) is 13.1. The van der Waals surface area contributed by atoms with Crippen molar-refractivity contribution in [3.05, 3.63) is 28.2 Å². The standard InChI is InChI=1S/C15H18BrNO3/c1-8-3-4-12(16)13(7-8)17-14(18)10-5-9(2)6-11(10)15(19)20/h3-4,7,9-11H,5-6H2,1-2H3,(H,17,18)(H,19,20). The smallest absolute Gasteiger partial charge is 0.307 e. The van der Waals surface area contributed by atoms with Crippen molar-refractivity contribution in [2.24, 2.45) is 17.8 Å². The maximum absolute atomic E-state index is 12.3. The second-order valence-electron chi connectivity index (χ2n) is 5.60. The lowest BCUT2D eigenvalue weighted by molar-refractivity contribution is -0.145. The van der Waals surface area contributed by atoms with Gasteiger partial charge in [-0.15, -0.1) is 0 Å². The van der Waals surface area contributed by atoms with E-state index in [0.717, 1.165) is 10.0 Å². The summed E-state index contributed by atoms with van der Waals surface area (Å²) in [4.78, 5) is 23.6. The van der Waals surface area contributed by atoms with E-state index in [1.807, 2.05) is 32.0 Å². The summed E-state index contributed by atoms with van der Waals surface area (Å²) in [7, 11) is 0. The molecule has 3 atom stereocenters. The maximum Gasteiger partial charge on any atom is 0.307 e. The molecule has 3 unspecified atom stereocenters. The minimum atomic E-state index is -0.877. The Balaban J connectivity index is 2.15. The van der Waals surface area contributed by atoms with Crippen LogP contribution in [0.1, 0.15) is 25.3 Å². The molecule has 108 valence electrons. The van der Waals surface area contributed by atoms with Crippen LogP contribution in [0.2, 0.25) is 0 Å². The number of anilines is 1. The predicted molar refractivity (Wildman–Crippen MR) is 80.5 cm³/mol. The van der Waals surface area contributed by atoms with Gasteiger partial charge in [0, 0.05) is 4.47 Å². The SMILES string of the molecule is Cc1ccc(Br)c(NC(=O)C2CC(C)CC2C(=O)O)c1. The lowest BCUT2D eigenvalue weighted by atomic mass is 9.95. The Morgan fingerprint density at radius 2 is 1.95 bits per heavy atom. The zero-order valence-electron chi connectivity index (χ0n) is 11.5. The monoisotopic (exact) mass is 339 g/mol.